The van der Waals surface area contributed by atoms with Crippen LogP contribution in [0.15, 0.2) is 0 Å². The number of amides is 1. The smallest absolute Gasteiger partial charge is 0.252 e. The number of carbonyl (C=O) groups is 1. The van der Waals surface area contributed by atoms with E-state index in [9.17, 15) is 4.79 Å². The molecule has 0 saturated carbocycles. The first-order chi connectivity index (χ1) is 4.06. The fourth-order valence-corrected chi connectivity index (χ4v) is 0.371. The lowest BCUT2D eigenvalue weighted by Crippen LogP contribution is -2.60. The Hall–Kier alpha value is -0.610. The van der Waals surface area contributed by atoms with Gasteiger partial charge in [0.05, 0.1) is 0 Å². The van der Waals surface area contributed by atoms with E-state index in [2.05, 4.69) is 10.6 Å². The van der Waals surface area contributed by atoms with Crippen molar-refractivity contribution >= 4 is 5.91 Å². The normalized spacial score (nSPS) is 11.4. The van der Waals surface area contributed by atoms with Gasteiger partial charge in [-0.2, -0.15) is 0 Å². The minimum Gasteiger partial charge on any atom is -0.367 e. The van der Waals surface area contributed by atoms with E-state index in [1.165, 1.54) is 0 Å². The Morgan fingerprint density at radius 3 is 1.78 bits per heavy atom. The Morgan fingerprint density at radius 1 is 1.44 bits per heavy atom. The van der Waals surface area contributed by atoms with E-state index in [1.54, 1.807) is 21.0 Å². The third-order valence-electron chi connectivity index (χ3n) is 1.49. The van der Waals surface area contributed by atoms with Crippen LogP contribution in [0.1, 0.15) is 6.92 Å². The molecule has 0 heterocycles. The van der Waals surface area contributed by atoms with Crippen LogP contribution in [-0.2, 0) is 4.79 Å². The Balaban J connectivity index is 4.09. The summed E-state index contributed by atoms with van der Waals surface area (Å²) in [4.78, 5) is 10.6. The van der Waals surface area contributed by atoms with E-state index in [-0.39, 0.29) is 0 Å². The zero-order valence-electron chi connectivity index (χ0n) is 5.99. The molecule has 0 aromatic carbocycles. The molecule has 0 aliphatic rings. The molecule has 0 aliphatic carbocycles. The molecule has 4 N–H and O–H groups in total. The standard InChI is InChI=1S/C5H13N3O/c1-5(7-2,8-3)4(6)9/h7-8H,1-3H3,(H2,6,9). The zero-order chi connectivity index (χ0) is 7.49. The highest BCUT2D eigenvalue weighted by Gasteiger charge is 2.25. The zero-order valence-corrected chi connectivity index (χ0v) is 5.99. The molecule has 0 aromatic rings. The van der Waals surface area contributed by atoms with Crippen molar-refractivity contribution < 1.29 is 4.79 Å². The van der Waals surface area contributed by atoms with E-state index in [4.69, 9.17) is 5.73 Å². The number of carbonyl (C=O) groups excluding carboxylic acids is 1. The van der Waals surface area contributed by atoms with Crippen molar-refractivity contribution in [3.8, 4) is 0 Å². The predicted molar refractivity (Wildman–Crippen MR) is 35.7 cm³/mol. The molecule has 0 fully saturated rings. The van der Waals surface area contributed by atoms with E-state index >= 15 is 0 Å². The van der Waals surface area contributed by atoms with Crippen molar-refractivity contribution in [2.75, 3.05) is 14.1 Å². The van der Waals surface area contributed by atoms with Gasteiger partial charge >= 0.3 is 0 Å². The van der Waals surface area contributed by atoms with Crippen LogP contribution >= 0.6 is 0 Å². The number of hydrogen-bond acceptors (Lipinski definition) is 3. The molecule has 0 bridgehead atoms. The molecule has 0 radical (unpaired) electrons. The average molecular weight is 131 g/mol. The first-order valence-electron chi connectivity index (χ1n) is 2.74. The van der Waals surface area contributed by atoms with E-state index < -0.39 is 11.6 Å². The third-order valence-corrected chi connectivity index (χ3v) is 1.49. The molecule has 4 heteroatoms. The number of nitrogens with two attached hydrogens (primary N) is 1. The summed E-state index contributed by atoms with van der Waals surface area (Å²) in [6.07, 6.45) is 0. The maximum absolute atomic E-state index is 10.6. The van der Waals surface area contributed by atoms with Crippen molar-refractivity contribution in [1.29, 1.82) is 0 Å². The summed E-state index contributed by atoms with van der Waals surface area (Å²) in [6.45, 7) is 1.68. The van der Waals surface area contributed by atoms with Crippen LogP contribution in [-0.4, -0.2) is 25.7 Å². The highest BCUT2D eigenvalue weighted by atomic mass is 16.2. The molecule has 9 heavy (non-hydrogen) atoms. The van der Waals surface area contributed by atoms with Crippen LogP contribution in [0.4, 0.5) is 0 Å². The van der Waals surface area contributed by atoms with Crippen molar-refractivity contribution in [3.05, 3.63) is 0 Å². The Bertz CT molecular complexity index is 109. The van der Waals surface area contributed by atoms with Crippen LogP contribution < -0.4 is 16.4 Å². The van der Waals surface area contributed by atoms with E-state index in [1.807, 2.05) is 0 Å². The van der Waals surface area contributed by atoms with Gasteiger partial charge in [-0.15, -0.1) is 0 Å². The number of nitrogens with one attached hydrogen (secondary N) is 2. The summed E-state index contributed by atoms with van der Waals surface area (Å²) in [5.41, 5.74) is 4.25. The number of rotatable bonds is 3. The summed E-state index contributed by atoms with van der Waals surface area (Å²) in [5.74, 6) is -0.410. The number of likely N-dealkylation sites (N-methyl/N-ethyl adjacent to an activating group) is 2. The topological polar surface area (TPSA) is 67.2 Å². The van der Waals surface area contributed by atoms with Crippen LogP contribution in [0.2, 0.25) is 0 Å². The van der Waals surface area contributed by atoms with Gasteiger partial charge in [0.2, 0.25) is 0 Å². The van der Waals surface area contributed by atoms with Gasteiger partial charge in [-0.3, -0.25) is 15.4 Å². The minimum absolute atomic E-state index is 0.410. The summed E-state index contributed by atoms with van der Waals surface area (Å²) in [6, 6.07) is 0. The van der Waals surface area contributed by atoms with Crippen LogP contribution in [0.25, 0.3) is 0 Å². The van der Waals surface area contributed by atoms with Gasteiger partial charge in [-0.05, 0) is 21.0 Å². The molecule has 0 unspecified atom stereocenters. The van der Waals surface area contributed by atoms with Gasteiger partial charge in [0.1, 0.15) is 5.66 Å². The van der Waals surface area contributed by atoms with Gasteiger partial charge in [-0.1, -0.05) is 0 Å². The van der Waals surface area contributed by atoms with Crippen LogP contribution in [0, 0.1) is 0 Å². The summed E-state index contributed by atoms with van der Waals surface area (Å²) >= 11 is 0. The fraction of sp³-hybridized carbons (Fsp3) is 0.800. The largest absolute Gasteiger partial charge is 0.367 e. The SMILES string of the molecule is CNC(C)(NC)C(N)=O. The molecule has 4 nitrogen and oxygen atoms in total. The Kier molecular flexibility index (Phi) is 2.61. The molecule has 0 aliphatic heterocycles. The first-order valence-corrected chi connectivity index (χ1v) is 2.74. The summed E-state index contributed by atoms with van der Waals surface area (Å²) in [5, 5.41) is 5.48. The summed E-state index contributed by atoms with van der Waals surface area (Å²) in [7, 11) is 3.34. The second-order valence-corrected chi connectivity index (χ2v) is 1.99. The highest BCUT2D eigenvalue weighted by Crippen LogP contribution is 1.92. The van der Waals surface area contributed by atoms with Gasteiger partial charge < -0.3 is 5.73 Å². The van der Waals surface area contributed by atoms with Crippen LogP contribution in [0.5, 0.6) is 0 Å². The third kappa shape index (κ3) is 1.65. The maximum atomic E-state index is 10.6. The monoisotopic (exact) mass is 131 g/mol. The van der Waals surface area contributed by atoms with Crippen molar-refractivity contribution in [2.24, 2.45) is 5.73 Å². The Labute approximate surface area is 54.8 Å². The molecule has 0 saturated heterocycles. The molecule has 0 rings (SSSR count). The molecular weight excluding hydrogens is 118 g/mol. The number of primary amides is 1. The lowest BCUT2D eigenvalue weighted by atomic mass is 10.2. The first kappa shape index (κ1) is 8.39. The highest BCUT2D eigenvalue weighted by molar-refractivity contribution is 5.83. The van der Waals surface area contributed by atoms with Crippen molar-refractivity contribution in [1.82, 2.24) is 10.6 Å². The van der Waals surface area contributed by atoms with E-state index in [0.29, 0.717) is 0 Å². The van der Waals surface area contributed by atoms with Gasteiger partial charge in [0.25, 0.3) is 5.91 Å². The lowest BCUT2D eigenvalue weighted by molar-refractivity contribution is -0.124. The Morgan fingerprint density at radius 2 is 1.78 bits per heavy atom. The second-order valence-electron chi connectivity index (χ2n) is 1.99. The molecule has 54 valence electrons. The molecule has 0 atom stereocenters. The quantitative estimate of drug-likeness (QED) is 0.414. The van der Waals surface area contributed by atoms with Gasteiger partial charge in [-0.25, -0.2) is 0 Å². The maximum Gasteiger partial charge on any atom is 0.252 e. The number of hydrogen-bond donors (Lipinski definition) is 3. The molecular formula is C5H13N3O. The lowest BCUT2D eigenvalue weighted by Gasteiger charge is -2.23. The molecule has 0 spiro atoms. The predicted octanol–water partition coefficient (Wildman–Crippen LogP) is -1.37. The average Bonchev–Trinajstić information content (AvgIpc) is 1.86. The molecule has 0 aromatic heterocycles. The fourth-order valence-electron chi connectivity index (χ4n) is 0.371. The summed E-state index contributed by atoms with van der Waals surface area (Å²) < 4.78 is 0. The molecule has 1 amide bonds. The van der Waals surface area contributed by atoms with Gasteiger partial charge in [0.15, 0.2) is 0 Å². The van der Waals surface area contributed by atoms with E-state index in [0.717, 1.165) is 0 Å². The van der Waals surface area contributed by atoms with Crippen molar-refractivity contribution in [3.63, 3.8) is 0 Å². The van der Waals surface area contributed by atoms with Gasteiger partial charge in [0, 0.05) is 0 Å². The van der Waals surface area contributed by atoms with Crippen molar-refractivity contribution in [2.45, 2.75) is 12.6 Å². The second kappa shape index (κ2) is 2.80. The van der Waals surface area contributed by atoms with Crippen LogP contribution in [0.3, 0.4) is 0 Å². The minimum atomic E-state index is -0.778.